The van der Waals surface area contributed by atoms with Crippen LogP contribution in [0.15, 0.2) is 54.6 Å². The number of rotatable bonds is 6. The summed E-state index contributed by atoms with van der Waals surface area (Å²) in [5.41, 5.74) is 2.03. The van der Waals surface area contributed by atoms with Gasteiger partial charge in [-0.15, -0.1) is 11.3 Å². The highest BCUT2D eigenvalue weighted by molar-refractivity contribution is 7.18. The molecule has 1 aromatic heterocycles. The summed E-state index contributed by atoms with van der Waals surface area (Å²) in [5.74, 6) is 0.526. The Kier molecular flexibility index (Phi) is 5.26. The third kappa shape index (κ3) is 3.91. The number of benzene rings is 2. The number of hydrogen-bond donors (Lipinski definition) is 1. The molecule has 3 nitrogen and oxygen atoms in total. The number of hydrogen-bond acceptors (Lipinski definition) is 3. The summed E-state index contributed by atoms with van der Waals surface area (Å²) in [6.45, 7) is 2.86. The Bertz CT molecular complexity index is 879. The first-order valence-corrected chi connectivity index (χ1v) is 10.7. The smallest absolute Gasteiger partial charge is 0.226 e. The second kappa shape index (κ2) is 7.81. The number of thiazole rings is 1. The van der Waals surface area contributed by atoms with E-state index in [1.807, 2.05) is 18.2 Å². The molecule has 1 heterocycles. The molecule has 4 rings (SSSR count). The van der Waals surface area contributed by atoms with Gasteiger partial charge in [0, 0.05) is 13.0 Å². The fourth-order valence-electron chi connectivity index (χ4n) is 4.15. The molecule has 0 aliphatic heterocycles. The van der Waals surface area contributed by atoms with Gasteiger partial charge < -0.3 is 5.32 Å². The van der Waals surface area contributed by atoms with Crippen molar-refractivity contribution in [1.82, 2.24) is 10.3 Å². The molecule has 2 aromatic carbocycles. The van der Waals surface area contributed by atoms with Gasteiger partial charge in [-0.3, -0.25) is 4.79 Å². The number of amides is 1. The third-order valence-electron chi connectivity index (χ3n) is 5.81. The molecule has 1 saturated carbocycles. The molecule has 0 radical (unpaired) electrons. The second-order valence-electron chi connectivity index (χ2n) is 7.76. The zero-order valence-corrected chi connectivity index (χ0v) is 16.6. The summed E-state index contributed by atoms with van der Waals surface area (Å²) >= 11 is 1.73. The summed E-state index contributed by atoms with van der Waals surface area (Å²) in [6, 6.07) is 18.6. The van der Waals surface area contributed by atoms with E-state index >= 15 is 0 Å². The molecular weight excluding hydrogens is 352 g/mol. The molecule has 0 bridgehead atoms. The lowest BCUT2D eigenvalue weighted by Gasteiger charge is -2.27. The average molecular weight is 379 g/mol. The Morgan fingerprint density at radius 3 is 2.56 bits per heavy atom. The van der Waals surface area contributed by atoms with Crippen LogP contribution in [0.3, 0.4) is 0 Å². The van der Waals surface area contributed by atoms with Crippen molar-refractivity contribution in [2.24, 2.45) is 5.41 Å². The molecule has 3 aromatic rings. The van der Waals surface area contributed by atoms with Gasteiger partial charge >= 0.3 is 0 Å². The van der Waals surface area contributed by atoms with Gasteiger partial charge in [-0.1, -0.05) is 62.2 Å². The molecule has 140 valence electrons. The molecule has 27 heavy (non-hydrogen) atoms. The first-order valence-electron chi connectivity index (χ1n) is 9.84. The van der Waals surface area contributed by atoms with Crippen molar-refractivity contribution >= 4 is 27.5 Å². The largest absolute Gasteiger partial charge is 0.355 e. The zero-order valence-electron chi connectivity index (χ0n) is 15.8. The first kappa shape index (κ1) is 18.2. The summed E-state index contributed by atoms with van der Waals surface area (Å²) in [4.78, 5) is 18.0. The SMILES string of the molecule is C[C@@H](CNC(=O)C1(Cc2nc3ccccc3s2)CCCC1)c1ccccc1. The van der Waals surface area contributed by atoms with Gasteiger partial charge in [-0.25, -0.2) is 4.98 Å². The van der Waals surface area contributed by atoms with E-state index in [0.29, 0.717) is 12.5 Å². The van der Waals surface area contributed by atoms with E-state index in [1.54, 1.807) is 11.3 Å². The molecule has 0 spiro atoms. The highest BCUT2D eigenvalue weighted by Crippen LogP contribution is 2.42. The van der Waals surface area contributed by atoms with Gasteiger partial charge in [0.25, 0.3) is 0 Å². The van der Waals surface area contributed by atoms with Crippen LogP contribution in [0.2, 0.25) is 0 Å². The van der Waals surface area contributed by atoms with Crippen molar-refractivity contribution in [3.8, 4) is 0 Å². The Balaban J connectivity index is 1.46. The van der Waals surface area contributed by atoms with Gasteiger partial charge in [-0.2, -0.15) is 0 Å². The summed E-state index contributed by atoms with van der Waals surface area (Å²) in [6.07, 6.45) is 4.96. The monoisotopic (exact) mass is 378 g/mol. The van der Waals surface area contributed by atoms with Crippen LogP contribution in [0.25, 0.3) is 10.2 Å². The predicted molar refractivity (Wildman–Crippen MR) is 112 cm³/mol. The molecule has 1 aliphatic rings. The number of carbonyl (C=O) groups is 1. The van der Waals surface area contributed by atoms with Gasteiger partial charge in [0.05, 0.1) is 20.6 Å². The van der Waals surface area contributed by atoms with Gasteiger partial charge in [0.15, 0.2) is 0 Å². The summed E-state index contributed by atoms with van der Waals surface area (Å²) < 4.78 is 1.21. The maximum atomic E-state index is 13.2. The molecule has 0 saturated heterocycles. The first-order chi connectivity index (χ1) is 13.2. The number of carbonyl (C=O) groups excluding carboxylic acids is 1. The van der Waals surface area contributed by atoms with Crippen molar-refractivity contribution in [1.29, 1.82) is 0 Å². The van der Waals surface area contributed by atoms with Crippen LogP contribution in [0.5, 0.6) is 0 Å². The fraction of sp³-hybridized carbons (Fsp3) is 0.391. The van der Waals surface area contributed by atoms with E-state index < -0.39 is 0 Å². The maximum Gasteiger partial charge on any atom is 0.226 e. The normalized spacial score (nSPS) is 17.1. The maximum absolute atomic E-state index is 13.2. The summed E-state index contributed by atoms with van der Waals surface area (Å²) in [7, 11) is 0. The standard InChI is InChI=1S/C23H26N2OS/c1-17(18-9-3-2-4-10-18)16-24-22(26)23(13-7-8-14-23)15-21-25-19-11-5-6-12-20(19)27-21/h2-6,9-12,17H,7-8,13-16H2,1H3,(H,24,26)/t17-/m0/s1. The lowest BCUT2D eigenvalue weighted by molar-refractivity contribution is -0.130. The predicted octanol–water partition coefficient (Wildman–Crippen LogP) is 5.32. The highest BCUT2D eigenvalue weighted by atomic mass is 32.1. The van der Waals surface area contributed by atoms with E-state index in [0.717, 1.165) is 42.6 Å². The molecule has 4 heteroatoms. The molecular formula is C23H26N2OS. The van der Waals surface area contributed by atoms with Crippen LogP contribution >= 0.6 is 11.3 Å². The number of aromatic nitrogens is 1. The minimum absolute atomic E-state index is 0.210. The minimum Gasteiger partial charge on any atom is -0.355 e. The minimum atomic E-state index is -0.287. The Morgan fingerprint density at radius 1 is 1.11 bits per heavy atom. The Labute approximate surface area is 164 Å². The summed E-state index contributed by atoms with van der Waals surface area (Å²) in [5, 5.41) is 4.34. The van der Waals surface area contributed by atoms with Crippen LogP contribution in [0.4, 0.5) is 0 Å². The number of fused-ring (bicyclic) bond motifs is 1. The van der Waals surface area contributed by atoms with Crippen LogP contribution in [0, 0.1) is 5.41 Å². The van der Waals surface area contributed by atoms with Crippen LogP contribution in [-0.2, 0) is 11.2 Å². The lowest BCUT2D eigenvalue weighted by atomic mass is 9.81. The van der Waals surface area contributed by atoms with E-state index in [1.165, 1.54) is 10.3 Å². The van der Waals surface area contributed by atoms with Gasteiger partial charge in [-0.05, 0) is 36.5 Å². The van der Waals surface area contributed by atoms with Crippen LogP contribution in [0.1, 0.15) is 49.1 Å². The van der Waals surface area contributed by atoms with Crippen molar-refractivity contribution < 1.29 is 4.79 Å². The second-order valence-corrected chi connectivity index (χ2v) is 8.88. The topological polar surface area (TPSA) is 42.0 Å². The lowest BCUT2D eigenvalue weighted by Crippen LogP contribution is -2.42. The molecule has 1 fully saturated rings. The molecule has 1 N–H and O–H groups in total. The van der Waals surface area contributed by atoms with Crippen molar-refractivity contribution in [2.75, 3.05) is 6.54 Å². The Hall–Kier alpha value is -2.20. The highest BCUT2D eigenvalue weighted by Gasteiger charge is 2.41. The Morgan fingerprint density at radius 2 is 1.81 bits per heavy atom. The molecule has 1 atom stereocenters. The van der Waals surface area contributed by atoms with Crippen molar-refractivity contribution in [3.05, 3.63) is 65.2 Å². The van der Waals surface area contributed by atoms with E-state index in [4.69, 9.17) is 4.98 Å². The third-order valence-corrected chi connectivity index (χ3v) is 6.84. The van der Waals surface area contributed by atoms with Gasteiger partial charge in [0.2, 0.25) is 5.91 Å². The fourth-order valence-corrected chi connectivity index (χ4v) is 5.26. The number of para-hydroxylation sites is 1. The molecule has 0 unspecified atom stereocenters. The van der Waals surface area contributed by atoms with Crippen LogP contribution in [-0.4, -0.2) is 17.4 Å². The molecule has 1 aliphatic carbocycles. The van der Waals surface area contributed by atoms with E-state index in [2.05, 4.69) is 48.6 Å². The number of nitrogens with zero attached hydrogens (tertiary/aromatic N) is 1. The van der Waals surface area contributed by atoms with Crippen molar-refractivity contribution in [2.45, 2.75) is 44.9 Å². The van der Waals surface area contributed by atoms with Crippen LogP contribution < -0.4 is 5.32 Å². The molecule has 1 amide bonds. The average Bonchev–Trinajstić information content (AvgIpc) is 3.33. The quantitative estimate of drug-likeness (QED) is 0.631. The van der Waals surface area contributed by atoms with E-state index in [9.17, 15) is 4.79 Å². The zero-order chi connectivity index (χ0) is 18.7. The van der Waals surface area contributed by atoms with E-state index in [-0.39, 0.29) is 11.3 Å². The van der Waals surface area contributed by atoms with Gasteiger partial charge in [0.1, 0.15) is 0 Å². The number of nitrogens with one attached hydrogen (secondary N) is 1. The van der Waals surface area contributed by atoms with Crippen molar-refractivity contribution in [3.63, 3.8) is 0 Å².